The SMILES string of the molecule is COCCNC(=O)COC1CC(CN)C1. The van der Waals surface area contributed by atoms with Gasteiger partial charge in [0.1, 0.15) is 6.61 Å². The van der Waals surface area contributed by atoms with E-state index in [1.54, 1.807) is 7.11 Å². The Balaban J connectivity index is 1.94. The highest BCUT2D eigenvalue weighted by Gasteiger charge is 2.28. The maximum absolute atomic E-state index is 11.2. The first-order valence-electron chi connectivity index (χ1n) is 5.33. The molecule has 1 amide bonds. The normalized spacial score (nSPS) is 24.7. The van der Waals surface area contributed by atoms with Crippen LogP contribution in [-0.4, -0.2) is 45.4 Å². The van der Waals surface area contributed by atoms with E-state index in [9.17, 15) is 4.79 Å². The molecule has 1 aliphatic carbocycles. The molecule has 0 atom stereocenters. The van der Waals surface area contributed by atoms with Crippen LogP contribution in [0.15, 0.2) is 0 Å². The van der Waals surface area contributed by atoms with Gasteiger partial charge in [0.05, 0.1) is 12.7 Å². The summed E-state index contributed by atoms with van der Waals surface area (Å²) < 4.78 is 10.2. The van der Waals surface area contributed by atoms with Gasteiger partial charge in [-0.1, -0.05) is 0 Å². The van der Waals surface area contributed by atoms with Gasteiger partial charge in [-0.25, -0.2) is 0 Å². The van der Waals surface area contributed by atoms with E-state index < -0.39 is 0 Å². The van der Waals surface area contributed by atoms with E-state index in [4.69, 9.17) is 15.2 Å². The number of rotatable bonds is 7. The van der Waals surface area contributed by atoms with E-state index in [2.05, 4.69) is 5.32 Å². The Morgan fingerprint density at radius 2 is 2.27 bits per heavy atom. The lowest BCUT2D eigenvalue weighted by Crippen LogP contribution is -2.39. The highest BCUT2D eigenvalue weighted by Crippen LogP contribution is 2.28. The molecule has 88 valence electrons. The third kappa shape index (κ3) is 4.59. The molecule has 0 radical (unpaired) electrons. The molecule has 5 nitrogen and oxygen atoms in total. The summed E-state index contributed by atoms with van der Waals surface area (Å²) in [6, 6.07) is 0. The van der Waals surface area contributed by atoms with Crippen molar-refractivity contribution in [2.75, 3.05) is 33.4 Å². The van der Waals surface area contributed by atoms with Gasteiger partial charge in [-0.15, -0.1) is 0 Å². The van der Waals surface area contributed by atoms with Crippen molar-refractivity contribution in [1.29, 1.82) is 0 Å². The summed E-state index contributed by atoms with van der Waals surface area (Å²) >= 11 is 0. The van der Waals surface area contributed by atoms with Crippen molar-refractivity contribution in [2.45, 2.75) is 18.9 Å². The zero-order chi connectivity index (χ0) is 11.1. The summed E-state index contributed by atoms with van der Waals surface area (Å²) in [7, 11) is 1.60. The Hall–Kier alpha value is -0.650. The molecular formula is C10H20N2O3. The molecule has 0 aliphatic heterocycles. The predicted octanol–water partition coefficient (Wildman–Crippen LogP) is -0.497. The fourth-order valence-corrected chi connectivity index (χ4v) is 1.54. The van der Waals surface area contributed by atoms with Crippen LogP contribution in [0.5, 0.6) is 0 Å². The Morgan fingerprint density at radius 3 is 2.87 bits per heavy atom. The predicted molar refractivity (Wildman–Crippen MR) is 56.4 cm³/mol. The van der Waals surface area contributed by atoms with Crippen molar-refractivity contribution >= 4 is 5.91 Å². The van der Waals surface area contributed by atoms with Crippen molar-refractivity contribution in [1.82, 2.24) is 5.32 Å². The fraction of sp³-hybridized carbons (Fsp3) is 0.900. The van der Waals surface area contributed by atoms with Crippen molar-refractivity contribution < 1.29 is 14.3 Å². The lowest BCUT2D eigenvalue weighted by atomic mass is 9.82. The first kappa shape index (κ1) is 12.4. The van der Waals surface area contributed by atoms with Crippen LogP contribution in [0.3, 0.4) is 0 Å². The average Bonchev–Trinajstić information content (AvgIpc) is 2.16. The van der Waals surface area contributed by atoms with Gasteiger partial charge in [0.15, 0.2) is 0 Å². The van der Waals surface area contributed by atoms with E-state index in [0.717, 1.165) is 19.4 Å². The number of methoxy groups -OCH3 is 1. The molecule has 1 fully saturated rings. The van der Waals surface area contributed by atoms with E-state index >= 15 is 0 Å². The van der Waals surface area contributed by atoms with Crippen LogP contribution >= 0.6 is 0 Å². The quantitative estimate of drug-likeness (QED) is 0.563. The molecule has 3 N–H and O–H groups in total. The van der Waals surface area contributed by atoms with E-state index in [0.29, 0.717) is 19.1 Å². The average molecular weight is 216 g/mol. The molecule has 1 aliphatic rings. The van der Waals surface area contributed by atoms with Gasteiger partial charge in [0, 0.05) is 13.7 Å². The van der Waals surface area contributed by atoms with Crippen LogP contribution in [0.2, 0.25) is 0 Å². The number of carbonyl (C=O) groups is 1. The second kappa shape index (κ2) is 6.76. The minimum atomic E-state index is -0.0803. The smallest absolute Gasteiger partial charge is 0.246 e. The molecule has 0 bridgehead atoms. The van der Waals surface area contributed by atoms with Gasteiger partial charge >= 0.3 is 0 Å². The molecule has 0 unspecified atom stereocenters. The number of hydrogen-bond donors (Lipinski definition) is 2. The van der Waals surface area contributed by atoms with Crippen LogP contribution in [0, 0.1) is 5.92 Å². The summed E-state index contributed by atoms with van der Waals surface area (Å²) in [6.07, 6.45) is 2.20. The van der Waals surface area contributed by atoms with E-state index in [1.165, 1.54) is 0 Å². The summed E-state index contributed by atoms with van der Waals surface area (Å²) in [4.78, 5) is 11.2. The number of nitrogens with one attached hydrogen (secondary N) is 1. The zero-order valence-corrected chi connectivity index (χ0v) is 9.20. The molecule has 0 saturated heterocycles. The minimum absolute atomic E-state index is 0.0803. The molecule has 15 heavy (non-hydrogen) atoms. The Labute approximate surface area is 90.3 Å². The highest BCUT2D eigenvalue weighted by atomic mass is 16.5. The van der Waals surface area contributed by atoms with Gasteiger partial charge < -0.3 is 20.5 Å². The monoisotopic (exact) mass is 216 g/mol. The second-order valence-electron chi connectivity index (χ2n) is 3.85. The fourth-order valence-electron chi connectivity index (χ4n) is 1.54. The maximum atomic E-state index is 11.2. The van der Waals surface area contributed by atoms with Crippen LogP contribution in [-0.2, 0) is 14.3 Å². The highest BCUT2D eigenvalue weighted by molar-refractivity contribution is 5.77. The molecule has 1 saturated carbocycles. The lowest BCUT2D eigenvalue weighted by Gasteiger charge is -2.33. The molecule has 5 heteroatoms. The molecule has 0 aromatic rings. The topological polar surface area (TPSA) is 73.6 Å². The molecule has 0 aromatic carbocycles. The van der Waals surface area contributed by atoms with E-state index in [-0.39, 0.29) is 18.6 Å². The standard InChI is InChI=1S/C10H20N2O3/c1-14-3-2-12-10(13)7-15-9-4-8(5-9)6-11/h8-9H,2-7,11H2,1H3,(H,12,13). The molecule has 0 spiro atoms. The Bertz CT molecular complexity index is 193. The minimum Gasteiger partial charge on any atom is -0.383 e. The van der Waals surface area contributed by atoms with Gasteiger partial charge in [-0.3, -0.25) is 4.79 Å². The van der Waals surface area contributed by atoms with Crippen molar-refractivity contribution in [3.05, 3.63) is 0 Å². The molecule has 0 heterocycles. The third-order valence-electron chi connectivity index (χ3n) is 2.60. The zero-order valence-electron chi connectivity index (χ0n) is 9.20. The summed E-state index contributed by atoms with van der Waals surface area (Å²) in [5.74, 6) is 0.509. The van der Waals surface area contributed by atoms with Crippen LogP contribution in [0.4, 0.5) is 0 Å². The van der Waals surface area contributed by atoms with Gasteiger partial charge in [-0.05, 0) is 25.3 Å². The summed E-state index contributed by atoms with van der Waals surface area (Å²) in [5.41, 5.74) is 5.48. The number of ether oxygens (including phenoxy) is 2. The van der Waals surface area contributed by atoms with E-state index in [1.807, 2.05) is 0 Å². The number of carbonyl (C=O) groups excluding carboxylic acids is 1. The Morgan fingerprint density at radius 1 is 1.53 bits per heavy atom. The summed E-state index contributed by atoms with van der Waals surface area (Å²) in [5, 5.41) is 2.70. The maximum Gasteiger partial charge on any atom is 0.246 e. The molecule has 1 rings (SSSR count). The summed E-state index contributed by atoms with van der Waals surface area (Å²) in [6.45, 7) is 1.94. The van der Waals surface area contributed by atoms with Crippen LogP contribution < -0.4 is 11.1 Å². The first-order chi connectivity index (χ1) is 7.26. The van der Waals surface area contributed by atoms with Gasteiger partial charge in [0.2, 0.25) is 5.91 Å². The van der Waals surface area contributed by atoms with Gasteiger partial charge in [0.25, 0.3) is 0 Å². The number of nitrogens with two attached hydrogens (primary N) is 1. The molecule has 0 aromatic heterocycles. The largest absolute Gasteiger partial charge is 0.383 e. The lowest BCUT2D eigenvalue weighted by molar-refractivity contribution is -0.131. The van der Waals surface area contributed by atoms with Crippen LogP contribution in [0.25, 0.3) is 0 Å². The molecular weight excluding hydrogens is 196 g/mol. The van der Waals surface area contributed by atoms with Crippen LogP contribution in [0.1, 0.15) is 12.8 Å². The second-order valence-corrected chi connectivity index (χ2v) is 3.85. The van der Waals surface area contributed by atoms with Crippen molar-refractivity contribution in [3.63, 3.8) is 0 Å². The van der Waals surface area contributed by atoms with Crippen molar-refractivity contribution in [3.8, 4) is 0 Å². The third-order valence-corrected chi connectivity index (χ3v) is 2.60. The Kier molecular flexibility index (Phi) is 5.60. The first-order valence-corrected chi connectivity index (χ1v) is 5.33. The number of hydrogen-bond acceptors (Lipinski definition) is 4. The number of amides is 1. The van der Waals surface area contributed by atoms with Gasteiger partial charge in [-0.2, -0.15) is 0 Å². The van der Waals surface area contributed by atoms with Crippen molar-refractivity contribution in [2.24, 2.45) is 11.7 Å².